The molecular formula is C27H25N5O2S. The lowest BCUT2D eigenvalue weighted by molar-refractivity contribution is 0.101. The highest BCUT2D eigenvalue weighted by molar-refractivity contribution is 7.18. The zero-order valence-corrected chi connectivity index (χ0v) is 20.2. The number of benzene rings is 2. The fourth-order valence-electron chi connectivity index (χ4n) is 4.27. The number of hydrogen-bond donors (Lipinski definition) is 3. The molecule has 0 saturated carbocycles. The van der Waals surface area contributed by atoms with Gasteiger partial charge >= 0.3 is 0 Å². The molecule has 0 aliphatic carbocycles. The molecule has 0 saturated heterocycles. The van der Waals surface area contributed by atoms with Crippen LogP contribution in [0.5, 0.6) is 5.75 Å². The number of fused-ring (bicyclic) bond motifs is 2. The highest BCUT2D eigenvalue weighted by Crippen LogP contribution is 2.41. The van der Waals surface area contributed by atoms with Crippen molar-refractivity contribution in [2.45, 2.75) is 0 Å². The van der Waals surface area contributed by atoms with E-state index >= 15 is 0 Å². The van der Waals surface area contributed by atoms with Gasteiger partial charge < -0.3 is 26.1 Å². The van der Waals surface area contributed by atoms with E-state index in [1.807, 2.05) is 72.3 Å². The number of methoxy groups -OCH3 is 1. The normalized spacial score (nSPS) is 11.5. The number of aromatic nitrogens is 2. The number of ether oxygens (including phenoxy) is 1. The summed E-state index contributed by atoms with van der Waals surface area (Å²) in [5.74, 6) is 0.813. The SMILES string of the molecule is COc1cc(-c2csc3c(/C=C/CN)cnc(N)c23)ccc1NC(=O)c1cc2ccccc2n1C. The van der Waals surface area contributed by atoms with Crippen molar-refractivity contribution in [2.75, 3.05) is 24.7 Å². The summed E-state index contributed by atoms with van der Waals surface area (Å²) in [4.78, 5) is 17.5. The molecule has 0 aliphatic rings. The quantitative estimate of drug-likeness (QED) is 0.305. The van der Waals surface area contributed by atoms with Crippen LogP contribution < -0.4 is 21.5 Å². The van der Waals surface area contributed by atoms with Gasteiger partial charge in [-0.1, -0.05) is 36.4 Å². The van der Waals surface area contributed by atoms with E-state index in [4.69, 9.17) is 16.2 Å². The van der Waals surface area contributed by atoms with Crippen LogP contribution >= 0.6 is 11.3 Å². The number of carbonyl (C=O) groups is 1. The Morgan fingerprint density at radius 1 is 1.23 bits per heavy atom. The van der Waals surface area contributed by atoms with Crippen LogP contribution in [0.15, 0.2) is 66.2 Å². The molecule has 3 heterocycles. The molecule has 5 N–H and O–H groups in total. The molecule has 35 heavy (non-hydrogen) atoms. The lowest BCUT2D eigenvalue weighted by Gasteiger charge is -2.13. The first kappa shape index (κ1) is 22.6. The van der Waals surface area contributed by atoms with E-state index in [1.54, 1.807) is 24.6 Å². The number of amides is 1. The first-order chi connectivity index (χ1) is 17.0. The maximum atomic E-state index is 13.1. The van der Waals surface area contributed by atoms with Crippen LogP contribution in [0.4, 0.5) is 11.5 Å². The summed E-state index contributed by atoms with van der Waals surface area (Å²) in [5, 5.41) is 6.96. The van der Waals surface area contributed by atoms with E-state index in [0.717, 1.165) is 37.7 Å². The van der Waals surface area contributed by atoms with Gasteiger partial charge in [0.15, 0.2) is 0 Å². The van der Waals surface area contributed by atoms with E-state index in [1.165, 1.54) is 0 Å². The number of carbonyl (C=O) groups excluding carboxylic acids is 1. The van der Waals surface area contributed by atoms with Crippen LogP contribution in [0.1, 0.15) is 16.1 Å². The number of para-hydroxylation sites is 1. The molecule has 7 nitrogen and oxygen atoms in total. The minimum atomic E-state index is -0.208. The van der Waals surface area contributed by atoms with Gasteiger partial charge in [0, 0.05) is 51.9 Å². The number of nitrogens with zero attached hydrogens (tertiary/aromatic N) is 2. The van der Waals surface area contributed by atoms with Crippen LogP contribution in [0.25, 0.3) is 38.2 Å². The van der Waals surface area contributed by atoms with E-state index in [-0.39, 0.29) is 5.91 Å². The third-order valence-corrected chi connectivity index (χ3v) is 7.06. The predicted octanol–water partition coefficient (Wildman–Crippen LogP) is 5.27. The number of rotatable bonds is 6. The molecule has 0 atom stereocenters. The van der Waals surface area contributed by atoms with Crippen molar-refractivity contribution in [1.29, 1.82) is 0 Å². The van der Waals surface area contributed by atoms with Crippen LogP contribution in [0.2, 0.25) is 0 Å². The van der Waals surface area contributed by atoms with Gasteiger partial charge in [-0.25, -0.2) is 4.98 Å². The van der Waals surface area contributed by atoms with Crippen LogP contribution in [0, 0.1) is 0 Å². The van der Waals surface area contributed by atoms with E-state index in [2.05, 4.69) is 15.7 Å². The lowest BCUT2D eigenvalue weighted by atomic mass is 10.0. The van der Waals surface area contributed by atoms with Gasteiger partial charge in [-0.05, 0) is 35.2 Å². The monoisotopic (exact) mass is 483 g/mol. The second-order valence-corrected chi connectivity index (χ2v) is 8.99. The van der Waals surface area contributed by atoms with Crippen molar-refractivity contribution in [3.63, 3.8) is 0 Å². The largest absolute Gasteiger partial charge is 0.495 e. The topological polar surface area (TPSA) is 108 Å². The van der Waals surface area contributed by atoms with Crippen LogP contribution in [-0.2, 0) is 7.05 Å². The van der Waals surface area contributed by atoms with Gasteiger partial charge in [0.1, 0.15) is 17.3 Å². The van der Waals surface area contributed by atoms with Crippen molar-refractivity contribution < 1.29 is 9.53 Å². The van der Waals surface area contributed by atoms with E-state index < -0.39 is 0 Å². The van der Waals surface area contributed by atoms with Crippen molar-refractivity contribution in [2.24, 2.45) is 12.8 Å². The molecule has 5 aromatic rings. The van der Waals surface area contributed by atoms with E-state index in [0.29, 0.717) is 29.5 Å². The number of pyridine rings is 1. The zero-order chi connectivity index (χ0) is 24.5. The van der Waals surface area contributed by atoms with E-state index in [9.17, 15) is 4.79 Å². The number of nitrogens with two attached hydrogens (primary N) is 2. The smallest absolute Gasteiger partial charge is 0.272 e. The Labute approximate surface area is 206 Å². The molecule has 0 bridgehead atoms. The number of thiophene rings is 1. The van der Waals surface area contributed by atoms with Crippen LogP contribution in [0.3, 0.4) is 0 Å². The van der Waals surface area contributed by atoms with Gasteiger partial charge in [0.05, 0.1) is 12.8 Å². The summed E-state index contributed by atoms with van der Waals surface area (Å²) in [7, 11) is 3.47. The van der Waals surface area contributed by atoms with Gasteiger partial charge in [0.2, 0.25) is 0 Å². The molecule has 1 amide bonds. The summed E-state index contributed by atoms with van der Waals surface area (Å²) >= 11 is 1.60. The Kier molecular flexibility index (Phi) is 5.98. The lowest BCUT2D eigenvalue weighted by Crippen LogP contribution is -2.16. The average molecular weight is 484 g/mol. The Morgan fingerprint density at radius 2 is 2.06 bits per heavy atom. The molecule has 2 aromatic carbocycles. The second-order valence-electron chi connectivity index (χ2n) is 8.11. The Morgan fingerprint density at radius 3 is 2.83 bits per heavy atom. The highest BCUT2D eigenvalue weighted by atomic mass is 32.1. The molecule has 8 heteroatoms. The maximum Gasteiger partial charge on any atom is 0.272 e. The molecule has 0 spiro atoms. The van der Waals surface area contributed by atoms with Gasteiger partial charge in [-0.2, -0.15) is 0 Å². The Bertz CT molecular complexity index is 1600. The minimum Gasteiger partial charge on any atom is -0.495 e. The van der Waals surface area contributed by atoms with Gasteiger partial charge in [-0.15, -0.1) is 11.3 Å². The van der Waals surface area contributed by atoms with Gasteiger partial charge in [-0.3, -0.25) is 4.79 Å². The third-order valence-electron chi connectivity index (χ3n) is 6.03. The first-order valence-corrected chi connectivity index (χ1v) is 12.0. The predicted molar refractivity (Wildman–Crippen MR) is 145 cm³/mol. The standard InChI is InChI=1S/C27H25N5O2S/c1-32-21-8-4-3-6-17(21)12-22(32)27(33)31-20-10-9-16(13-23(20)34-2)19-15-35-25-18(7-5-11-28)14-30-26(29)24(19)25/h3-10,12-15H,11,28H2,1-2H3,(H2,29,30)(H,31,33)/b7-5+. The molecular weight excluding hydrogens is 458 g/mol. The molecule has 0 unspecified atom stereocenters. The molecule has 0 radical (unpaired) electrons. The summed E-state index contributed by atoms with van der Waals surface area (Å²) in [6.07, 6.45) is 5.61. The first-order valence-electron chi connectivity index (χ1n) is 11.1. The highest BCUT2D eigenvalue weighted by Gasteiger charge is 2.18. The minimum absolute atomic E-state index is 0.208. The fraction of sp³-hybridized carbons (Fsp3) is 0.111. The molecule has 0 aliphatic heterocycles. The summed E-state index contributed by atoms with van der Waals surface area (Å²) in [6.45, 7) is 0.452. The third kappa shape index (κ3) is 4.03. The molecule has 0 fully saturated rings. The zero-order valence-electron chi connectivity index (χ0n) is 19.4. The number of hydrogen-bond acceptors (Lipinski definition) is 6. The Balaban J connectivity index is 1.50. The number of anilines is 2. The van der Waals surface area contributed by atoms with Crippen molar-refractivity contribution in [3.05, 3.63) is 77.4 Å². The average Bonchev–Trinajstić information content (AvgIpc) is 3.47. The summed E-state index contributed by atoms with van der Waals surface area (Å²) in [6, 6.07) is 15.5. The Hall–Kier alpha value is -4.14. The van der Waals surface area contributed by atoms with Crippen LogP contribution in [-0.4, -0.2) is 29.1 Å². The van der Waals surface area contributed by atoms with Gasteiger partial charge in [0.25, 0.3) is 5.91 Å². The fourth-order valence-corrected chi connectivity index (χ4v) is 5.35. The number of nitrogen functional groups attached to an aromatic ring is 1. The molecule has 176 valence electrons. The maximum absolute atomic E-state index is 13.1. The van der Waals surface area contributed by atoms with Crippen molar-refractivity contribution in [1.82, 2.24) is 9.55 Å². The summed E-state index contributed by atoms with van der Waals surface area (Å²) in [5.41, 5.74) is 16.9. The number of aryl methyl sites for hydroxylation is 1. The molecule has 3 aromatic heterocycles. The van der Waals surface area contributed by atoms with Crippen molar-refractivity contribution in [3.8, 4) is 16.9 Å². The van der Waals surface area contributed by atoms with Crippen molar-refractivity contribution >= 4 is 55.8 Å². The second kappa shape index (κ2) is 9.25. The number of nitrogens with one attached hydrogen (secondary N) is 1. The summed E-state index contributed by atoms with van der Waals surface area (Å²) < 4.78 is 8.57. The molecule has 5 rings (SSSR count).